The van der Waals surface area contributed by atoms with Crippen molar-refractivity contribution in [3.05, 3.63) is 52.0 Å². The average molecular weight is 321 g/mol. The summed E-state index contributed by atoms with van der Waals surface area (Å²) in [5.41, 5.74) is 7.84. The molecule has 0 aromatic heterocycles. The Balaban J connectivity index is 2.30. The largest absolute Gasteiger partial charge is 0.506 e. The summed E-state index contributed by atoms with van der Waals surface area (Å²) in [4.78, 5) is 12.1. The number of nitrogens with one attached hydrogen (secondary N) is 1. The smallest absolute Gasteiger partial charge is 0.257 e. The second-order valence-electron chi connectivity index (χ2n) is 4.21. The zero-order valence-corrected chi connectivity index (χ0v) is 11.9. The Morgan fingerprint density at radius 3 is 2.74 bits per heavy atom. The molecule has 0 aliphatic rings. The first-order chi connectivity index (χ1) is 8.97. The number of carbonyl (C=O) groups is 1. The number of carbonyl (C=O) groups excluding carboxylic acids is 1. The molecule has 0 saturated heterocycles. The molecule has 0 bridgehead atoms. The molecule has 19 heavy (non-hydrogen) atoms. The highest BCUT2D eigenvalue weighted by Crippen LogP contribution is 2.27. The predicted octanol–water partition coefficient (Wildman–Crippen LogP) is 3.30. The molecule has 0 spiro atoms. The lowest BCUT2D eigenvalue weighted by atomic mass is 10.1. The van der Waals surface area contributed by atoms with Gasteiger partial charge in [-0.25, -0.2) is 0 Å². The van der Waals surface area contributed by atoms with E-state index in [1.54, 1.807) is 24.3 Å². The number of nitrogen functional groups attached to an aromatic ring is 1. The van der Waals surface area contributed by atoms with Crippen molar-refractivity contribution in [1.82, 2.24) is 0 Å². The van der Waals surface area contributed by atoms with Crippen molar-refractivity contribution in [1.29, 1.82) is 0 Å². The summed E-state index contributed by atoms with van der Waals surface area (Å²) in [5, 5.41) is 12.3. The quantitative estimate of drug-likeness (QED) is 0.587. The van der Waals surface area contributed by atoms with E-state index in [-0.39, 0.29) is 11.7 Å². The van der Waals surface area contributed by atoms with E-state index in [1.807, 2.05) is 13.0 Å². The molecule has 0 unspecified atom stereocenters. The highest BCUT2D eigenvalue weighted by atomic mass is 79.9. The molecule has 2 aromatic rings. The summed E-state index contributed by atoms with van der Waals surface area (Å²) >= 11 is 3.28. The number of aromatic hydroxyl groups is 1. The number of nitrogens with two attached hydrogens (primary N) is 1. The zero-order chi connectivity index (χ0) is 14.0. The Bertz CT molecular complexity index is 641. The molecule has 0 atom stereocenters. The lowest BCUT2D eigenvalue weighted by Gasteiger charge is -2.10. The molecule has 0 radical (unpaired) electrons. The third-order valence-corrected chi connectivity index (χ3v) is 3.15. The molecule has 2 aromatic carbocycles. The van der Waals surface area contributed by atoms with Crippen molar-refractivity contribution in [2.75, 3.05) is 11.1 Å². The molecule has 0 aliphatic heterocycles. The lowest BCUT2D eigenvalue weighted by molar-refractivity contribution is 0.102. The fourth-order valence-corrected chi connectivity index (χ4v) is 2.03. The van der Waals surface area contributed by atoms with Crippen molar-refractivity contribution in [2.24, 2.45) is 0 Å². The average Bonchev–Trinajstić information content (AvgIpc) is 2.36. The highest BCUT2D eigenvalue weighted by molar-refractivity contribution is 9.10. The van der Waals surface area contributed by atoms with Gasteiger partial charge < -0.3 is 16.2 Å². The molecule has 4 N–H and O–H groups in total. The minimum atomic E-state index is -0.352. The number of hydrogen-bond acceptors (Lipinski definition) is 3. The van der Waals surface area contributed by atoms with Crippen LogP contribution in [0.15, 0.2) is 40.9 Å². The number of aryl methyl sites for hydroxylation is 1. The van der Waals surface area contributed by atoms with E-state index >= 15 is 0 Å². The number of phenols is 1. The summed E-state index contributed by atoms with van der Waals surface area (Å²) in [7, 11) is 0. The van der Waals surface area contributed by atoms with Crippen molar-refractivity contribution in [2.45, 2.75) is 6.92 Å². The van der Waals surface area contributed by atoms with Gasteiger partial charge in [-0.1, -0.05) is 27.6 Å². The van der Waals surface area contributed by atoms with Gasteiger partial charge in [0.1, 0.15) is 5.75 Å². The van der Waals surface area contributed by atoms with E-state index < -0.39 is 0 Å². The van der Waals surface area contributed by atoms with Gasteiger partial charge in [0.15, 0.2) is 0 Å². The van der Waals surface area contributed by atoms with Crippen LogP contribution in [-0.2, 0) is 0 Å². The SMILES string of the molecule is Cc1ccc(N)c(C(=O)Nc2cc(Br)ccc2O)c1. The summed E-state index contributed by atoms with van der Waals surface area (Å²) in [6, 6.07) is 10.0. The van der Waals surface area contributed by atoms with Gasteiger partial charge in [-0.3, -0.25) is 4.79 Å². The molecule has 1 amide bonds. The Morgan fingerprint density at radius 2 is 2.00 bits per heavy atom. The summed E-state index contributed by atoms with van der Waals surface area (Å²) in [5.74, 6) is -0.350. The van der Waals surface area contributed by atoms with Crippen LogP contribution in [0.25, 0.3) is 0 Å². The summed E-state index contributed by atoms with van der Waals surface area (Å²) < 4.78 is 0.762. The van der Waals surface area contributed by atoms with Crippen LogP contribution in [0, 0.1) is 6.92 Å². The third-order valence-electron chi connectivity index (χ3n) is 2.66. The van der Waals surface area contributed by atoms with Gasteiger partial charge >= 0.3 is 0 Å². The Labute approximate surface area is 119 Å². The number of phenolic OH excluding ortho intramolecular Hbond substituents is 1. The normalized spacial score (nSPS) is 10.2. The first kappa shape index (κ1) is 13.4. The van der Waals surface area contributed by atoms with Gasteiger partial charge in [0, 0.05) is 10.2 Å². The van der Waals surface area contributed by atoms with Crippen molar-refractivity contribution < 1.29 is 9.90 Å². The van der Waals surface area contributed by atoms with Gasteiger partial charge in [-0.15, -0.1) is 0 Å². The predicted molar refractivity (Wildman–Crippen MR) is 79.4 cm³/mol. The molecule has 0 saturated carbocycles. The third kappa shape index (κ3) is 3.06. The second kappa shape index (κ2) is 5.32. The number of halogens is 1. The maximum absolute atomic E-state index is 12.1. The Morgan fingerprint density at radius 1 is 1.26 bits per heavy atom. The summed E-state index contributed by atoms with van der Waals surface area (Å²) in [6.45, 7) is 1.88. The van der Waals surface area contributed by atoms with Crippen LogP contribution in [0.4, 0.5) is 11.4 Å². The molecule has 98 valence electrons. The molecular formula is C14H13BrN2O2. The van der Waals surface area contributed by atoms with Gasteiger partial charge in [0.05, 0.1) is 11.3 Å². The number of amides is 1. The van der Waals surface area contributed by atoms with E-state index in [0.717, 1.165) is 10.0 Å². The van der Waals surface area contributed by atoms with E-state index in [2.05, 4.69) is 21.2 Å². The number of rotatable bonds is 2. The minimum absolute atomic E-state index is 0.00257. The maximum atomic E-state index is 12.1. The maximum Gasteiger partial charge on any atom is 0.257 e. The van der Waals surface area contributed by atoms with E-state index in [4.69, 9.17) is 5.73 Å². The Kier molecular flexibility index (Phi) is 3.76. The number of hydrogen-bond donors (Lipinski definition) is 3. The first-order valence-electron chi connectivity index (χ1n) is 5.63. The van der Waals surface area contributed by atoms with E-state index in [0.29, 0.717) is 16.9 Å². The number of benzene rings is 2. The van der Waals surface area contributed by atoms with E-state index in [9.17, 15) is 9.90 Å². The number of anilines is 2. The van der Waals surface area contributed by atoms with Crippen LogP contribution < -0.4 is 11.1 Å². The molecule has 5 heteroatoms. The van der Waals surface area contributed by atoms with Crippen LogP contribution in [0.5, 0.6) is 5.75 Å². The lowest BCUT2D eigenvalue weighted by Crippen LogP contribution is -2.14. The van der Waals surface area contributed by atoms with E-state index in [1.165, 1.54) is 6.07 Å². The molecule has 0 heterocycles. The van der Waals surface area contributed by atoms with Crippen LogP contribution in [0.1, 0.15) is 15.9 Å². The van der Waals surface area contributed by atoms with Crippen LogP contribution in [0.2, 0.25) is 0 Å². The highest BCUT2D eigenvalue weighted by Gasteiger charge is 2.12. The molecule has 0 aliphatic carbocycles. The zero-order valence-electron chi connectivity index (χ0n) is 10.3. The van der Waals surface area contributed by atoms with Crippen LogP contribution >= 0.6 is 15.9 Å². The Hall–Kier alpha value is -2.01. The fraction of sp³-hybridized carbons (Fsp3) is 0.0714. The van der Waals surface area contributed by atoms with Crippen molar-refractivity contribution in [3.8, 4) is 5.75 Å². The van der Waals surface area contributed by atoms with Gasteiger partial charge in [0.2, 0.25) is 0 Å². The minimum Gasteiger partial charge on any atom is -0.506 e. The van der Waals surface area contributed by atoms with Gasteiger partial charge in [-0.05, 0) is 37.3 Å². The summed E-state index contributed by atoms with van der Waals surface area (Å²) in [6.07, 6.45) is 0. The van der Waals surface area contributed by atoms with Gasteiger partial charge in [-0.2, -0.15) is 0 Å². The molecule has 2 rings (SSSR count). The molecule has 0 fully saturated rings. The monoisotopic (exact) mass is 320 g/mol. The van der Waals surface area contributed by atoms with Gasteiger partial charge in [0.25, 0.3) is 5.91 Å². The van der Waals surface area contributed by atoms with Crippen molar-refractivity contribution in [3.63, 3.8) is 0 Å². The van der Waals surface area contributed by atoms with Crippen LogP contribution in [0.3, 0.4) is 0 Å². The molecular weight excluding hydrogens is 308 g/mol. The fourth-order valence-electron chi connectivity index (χ4n) is 1.66. The first-order valence-corrected chi connectivity index (χ1v) is 6.42. The van der Waals surface area contributed by atoms with Crippen molar-refractivity contribution >= 4 is 33.2 Å². The second-order valence-corrected chi connectivity index (χ2v) is 5.12. The molecule has 4 nitrogen and oxygen atoms in total. The standard InChI is InChI=1S/C14H13BrN2O2/c1-8-2-4-11(16)10(6-8)14(19)17-12-7-9(15)3-5-13(12)18/h2-7,18H,16H2,1H3,(H,17,19). The van der Waals surface area contributed by atoms with Crippen LogP contribution in [-0.4, -0.2) is 11.0 Å². The topological polar surface area (TPSA) is 75.4 Å².